The van der Waals surface area contributed by atoms with Crippen molar-refractivity contribution in [3.63, 3.8) is 0 Å². The quantitative estimate of drug-likeness (QED) is 0.387. The van der Waals surface area contributed by atoms with Gasteiger partial charge in [0.05, 0.1) is 17.1 Å². The topological polar surface area (TPSA) is 136 Å². The third-order valence-electron chi connectivity index (χ3n) is 4.15. The Morgan fingerprint density at radius 1 is 1.12 bits per heavy atom. The van der Waals surface area contributed by atoms with Gasteiger partial charge in [0, 0.05) is 5.56 Å². The van der Waals surface area contributed by atoms with Crippen LogP contribution in [-0.2, 0) is 6.42 Å². The van der Waals surface area contributed by atoms with E-state index in [0.717, 1.165) is 0 Å². The highest BCUT2D eigenvalue weighted by molar-refractivity contribution is 6.47. The van der Waals surface area contributed by atoms with Gasteiger partial charge in [-0.1, -0.05) is 30.3 Å². The van der Waals surface area contributed by atoms with Crippen LogP contribution in [0.3, 0.4) is 0 Å². The number of aromatic carboxylic acids is 1. The van der Waals surface area contributed by atoms with Crippen LogP contribution in [0.1, 0.15) is 38.1 Å². The maximum Gasteiger partial charge on any atom is 0.547 e. The molecule has 0 aliphatic carbocycles. The van der Waals surface area contributed by atoms with Gasteiger partial charge in [-0.2, -0.15) is 0 Å². The molecule has 1 atom stereocenters. The fourth-order valence-corrected chi connectivity index (χ4v) is 2.89. The number of fused-ring (bicyclic) bond motifs is 1. The van der Waals surface area contributed by atoms with Crippen molar-refractivity contribution in [2.45, 2.75) is 18.7 Å². The molecule has 1 aliphatic heterocycles. The average Bonchev–Trinajstić information content (AvgIpc) is 2.61. The Morgan fingerprint density at radius 3 is 2.46 bits per heavy atom. The van der Waals surface area contributed by atoms with E-state index in [1.807, 2.05) is 0 Å². The van der Waals surface area contributed by atoms with Gasteiger partial charge in [0.1, 0.15) is 5.75 Å². The predicted molar refractivity (Wildman–Crippen MR) is 90.6 cm³/mol. The van der Waals surface area contributed by atoms with Gasteiger partial charge in [0.2, 0.25) is 0 Å². The van der Waals surface area contributed by atoms with Crippen LogP contribution in [0.4, 0.5) is 0 Å². The summed E-state index contributed by atoms with van der Waals surface area (Å²) in [6.07, 6.45) is -1.58. The highest BCUT2D eigenvalue weighted by atomic mass is 16.5. The Bertz CT molecular complexity index is 855. The SMILES string of the molecule is O=C(O)c1ccccc1C(=O)N[C@H]1Cc2cccc(C(O)O)c2OB1O. The summed E-state index contributed by atoms with van der Waals surface area (Å²) >= 11 is 0. The van der Waals surface area contributed by atoms with E-state index in [0.29, 0.717) is 5.56 Å². The first-order valence-corrected chi connectivity index (χ1v) is 7.84. The van der Waals surface area contributed by atoms with Crippen molar-refractivity contribution in [3.8, 4) is 5.75 Å². The molecule has 2 aromatic rings. The Morgan fingerprint density at radius 2 is 1.81 bits per heavy atom. The molecule has 134 valence electrons. The molecule has 1 amide bonds. The van der Waals surface area contributed by atoms with E-state index < -0.39 is 31.2 Å². The predicted octanol–water partition coefficient (Wildman–Crippen LogP) is 0.121. The zero-order valence-corrected chi connectivity index (χ0v) is 13.5. The van der Waals surface area contributed by atoms with Crippen molar-refractivity contribution >= 4 is 19.0 Å². The van der Waals surface area contributed by atoms with Gasteiger partial charge in [-0.3, -0.25) is 4.79 Å². The molecular formula is C17H16BNO7. The summed E-state index contributed by atoms with van der Waals surface area (Å²) in [5.74, 6) is -2.56. The van der Waals surface area contributed by atoms with Crippen LogP contribution in [0.25, 0.3) is 0 Å². The Balaban J connectivity index is 1.83. The minimum Gasteiger partial charge on any atom is -0.534 e. The summed E-state index contributed by atoms with van der Waals surface area (Å²) in [7, 11) is -1.43. The first kappa shape index (κ1) is 17.9. The lowest BCUT2D eigenvalue weighted by Gasteiger charge is -2.30. The second-order valence-electron chi connectivity index (χ2n) is 5.85. The summed E-state index contributed by atoms with van der Waals surface area (Å²) in [5.41, 5.74) is 0.514. The number of amides is 1. The maximum absolute atomic E-state index is 12.4. The van der Waals surface area contributed by atoms with Crippen molar-refractivity contribution in [3.05, 3.63) is 64.7 Å². The monoisotopic (exact) mass is 357 g/mol. The molecule has 0 aromatic heterocycles. The van der Waals surface area contributed by atoms with Crippen LogP contribution in [-0.4, -0.2) is 45.3 Å². The number of benzene rings is 2. The van der Waals surface area contributed by atoms with E-state index in [4.69, 9.17) is 4.65 Å². The van der Waals surface area contributed by atoms with Gasteiger partial charge < -0.3 is 30.3 Å². The van der Waals surface area contributed by atoms with Crippen LogP contribution >= 0.6 is 0 Å². The summed E-state index contributed by atoms with van der Waals surface area (Å²) in [5, 5.41) is 40.7. The number of nitrogens with one attached hydrogen (secondary N) is 1. The summed E-state index contributed by atoms with van der Waals surface area (Å²) in [6, 6.07) is 10.5. The maximum atomic E-state index is 12.4. The zero-order valence-electron chi connectivity index (χ0n) is 13.5. The van der Waals surface area contributed by atoms with Gasteiger partial charge >= 0.3 is 13.1 Å². The average molecular weight is 357 g/mol. The largest absolute Gasteiger partial charge is 0.547 e. The molecule has 3 rings (SSSR count). The normalized spacial score (nSPS) is 16.0. The smallest absolute Gasteiger partial charge is 0.534 e. The molecule has 1 aliphatic rings. The highest BCUT2D eigenvalue weighted by Gasteiger charge is 2.38. The Hall–Kier alpha value is -2.88. The number of aliphatic hydroxyl groups is 2. The molecule has 2 aromatic carbocycles. The molecule has 0 unspecified atom stereocenters. The second-order valence-corrected chi connectivity index (χ2v) is 5.85. The fraction of sp³-hybridized carbons (Fsp3) is 0.176. The number of para-hydroxylation sites is 1. The number of rotatable bonds is 4. The highest BCUT2D eigenvalue weighted by Crippen LogP contribution is 2.33. The van der Waals surface area contributed by atoms with Crippen molar-refractivity contribution in [1.82, 2.24) is 5.32 Å². The first-order chi connectivity index (χ1) is 12.4. The van der Waals surface area contributed by atoms with Crippen LogP contribution in [0.15, 0.2) is 42.5 Å². The van der Waals surface area contributed by atoms with E-state index in [2.05, 4.69) is 5.32 Å². The molecule has 26 heavy (non-hydrogen) atoms. The zero-order chi connectivity index (χ0) is 18.8. The van der Waals surface area contributed by atoms with E-state index in [9.17, 15) is 29.9 Å². The molecule has 9 heteroatoms. The van der Waals surface area contributed by atoms with E-state index >= 15 is 0 Å². The van der Waals surface area contributed by atoms with Crippen LogP contribution in [0, 0.1) is 0 Å². The molecule has 1 heterocycles. The fourth-order valence-electron chi connectivity index (χ4n) is 2.89. The number of hydrogen-bond acceptors (Lipinski definition) is 6. The number of carbonyl (C=O) groups excluding carboxylic acids is 1. The summed E-state index contributed by atoms with van der Waals surface area (Å²) < 4.78 is 5.36. The molecule has 0 spiro atoms. The van der Waals surface area contributed by atoms with Crippen molar-refractivity contribution in [1.29, 1.82) is 0 Å². The lowest BCUT2D eigenvalue weighted by molar-refractivity contribution is -0.0436. The molecule has 0 fully saturated rings. The van der Waals surface area contributed by atoms with E-state index in [1.54, 1.807) is 18.2 Å². The number of carboxylic acid groups (broad SMARTS) is 1. The lowest BCUT2D eigenvalue weighted by atomic mass is 9.72. The number of aliphatic hydroxyl groups excluding tert-OH is 1. The van der Waals surface area contributed by atoms with Crippen LogP contribution in [0.2, 0.25) is 0 Å². The van der Waals surface area contributed by atoms with Gasteiger partial charge in [-0.05, 0) is 24.1 Å². The van der Waals surface area contributed by atoms with E-state index in [-0.39, 0.29) is 28.9 Å². The number of carbonyl (C=O) groups is 2. The Kier molecular flexibility index (Phi) is 4.94. The lowest BCUT2D eigenvalue weighted by Crippen LogP contribution is -2.53. The van der Waals surface area contributed by atoms with Crippen LogP contribution < -0.4 is 9.97 Å². The second kappa shape index (κ2) is 7.16. The Labute approximate surface area is 148 Å². The molecule has 0 saturated heterocycles. The van der Waals surface area contributed by atoms with Crippen LogP contribution in [0.5, 0.6) is 5.75 Å². The molecular weight excluding hydrogens is 341 g/mol. The minimum atomic E-state index is -1.76. The van der Waals surface area contributed by atoms with Crippen molar-refractivity contribution in [2.75, 3.05) is 0 Å². The number of hydrogen-bond donors (Lipinski definition) is 5. The standard InChI is InChI=1S/C17H16BNO7/c20-15(10-5-1-2-6-11(10)16(21)22)19-13-8-9-4-3-7-12(17(23)24)14(9)26-18(13)25/h1-7,13,17,23-25H,8H2,(H,19,20)(H,21,22)/t13-/m0/s1. The van der Waals surface area contributed by atoms with Gasteiger partial charge in [0.25, 0.3) is 5.91 Å². The molecule has 8 nitrogen and oxygen atoms in total. The third-order valence-corrected chi connectivity index (χ3v) is 4.15. The van der Waals surface area contributed by atoms with Crippen molar-refractivity contribution in [2.24, 2.45) is 0 Å². The first-order valence-electron chi connectivity index (χ1n) is 7.84. The van der Waals surface area contributed by atoms with Gasteiger partial charge in [-0.15, -0.1) is 0 Å². The van der Waals surface area contributed by atoms with E-state index in [1.165, 1.54) is 24.3 Å². The van der Waals surface area contributed by atoms with Gasteiger partial charge in [0.15, 0.2) is 6.29 Å². The molecule has 0 radical (unpaired) electrons. The molecule has 0 saturated carbocycles. The number of carboxylic acids is 1. The minimum absolute atomic E-state index is 0.0301. The third kappa shape index (κ3) is 3.41. The summed E-state index contributed by atoms with van der Waals surface area (Å²) in [6.45, 7) is 0. The van der Waals surface area contributed by atoms with Crippen molar-refractivity contribution < 1.29 is 34.6 Å². The molecule has 0 bridgehead atoms. The molecule has 5 N–H and O–H groups in total. The summed E-state index contributed by atoms with van der Waals surface area (Å²) in [4.78, 5) is 23.7. The van der Waals surface area contributed by atoms with Gasteiger partial charge in [-0.25, -0.2) is 4.79 Å².